The van der Waals surface area contributed by atoms with Gasteiger partial charge in [0.2, 0.25) is 0 Å². The van der Waals surface area contributed by atoms with Crippen LogP contribution in [0.25, 0.3) is 0 Å². The number of rotatable bonds is 4. The second-order valence-corrected chi connectivity index (χ2v) is 6.30. The molecule has 0 bridgehead atoms. The maximum Gasteiger partial charge on any atom is 0.123 e. The molecular weight excluding hydrogens is 250 g/mol. The van der Waals surface area contributed by atoms with Crippen molar-refractivity contribution in [1.82, 2.24) is 5.32 Å². The van der Waals surface area contributed by atoms with Gasteiger partial charge in [-0.25, -0.2) is 0 Å². The van der Waals surface area contributed by atoms with Crippen molar-refractivity contribution in [3.05, 3.63) is 29.3 Å². The summed E-state index contributed by atoms with van der Waals surface area (Å²) in [6.45, 7) is 3.32. The Balaban J connectivity index is 1.53. The molecule has 1 aromatic carbocycles. The lowest BCUT2D eigenvalue weighted by atomic mass is 9.85. The number of fused-ring (bicyclic) bond motifs is 1. The Kier molecular flexibility index (Phi) is 4.27. The first-order valence-corrected chi connectivity index (χ1v) is 7.86. The maximum atomic E-state index is 9.45. The molecule has 3 nitrogen and oxygen atoms in total. The van der Waals surface area contributed by atoms with Crippen molar-refractivity contribution in [1.29, 1.82) is 0 Å². The summed E-state index contributed by atoms with van der Waals surface area (Å²) in [5.74, 6) is 1.47. The monoisotopic (exact) mass is 275 g/mol. The Labute approximate surface area is 121 Å². The largest absolute Gasteiger partial charge is 0.488 e. The van der Waals surface area contributed by atoms with Crippen LogP contribution in [-0.4, -0.2) is 30.4 Å². The molecule has 20 heavy (non-hydrogen) atoms. The van der Waals surface area contributed by atoms with Crippen molar-refractivity contribution < 1.29 is 9.84 Å². The van der Waals surface area contributed by atoms with E-state index in [2.05, 4.69) is 30.4 Å². The molecule has 3 heteroatoms. The third-order valence-corrected chi connectivity index (χ3v) is 4.71. The topological polar surface area (TPSA) is 41.5 Å². The number of hydrogen-bond acceptors (Lipinski definition) is 3. The third kappa shape index (κ3) is 2.99. The molecule has 2 aliphatic rings. The molecule has 1 fully saturated rings. The summed E-state index contributed by atoms with van der Waals surface area (Å²) in [4.78, 5) is 0. The fourth-order valence-electron chi connectivity index (χ4n) is 3.54. The zero-order valence-corrected chi connectivity index (χ0v) is 12.3. The van der Waals surface area contributed by atoms with Crippen LogP contribution in [0.4, 0.5) is 0 Å². The van der Waals surface area contributed by atoms with Crippen molar-refractivity contribution >= 4 is 0 Å². The molecular formula is C17H25NO2. The number of benzene rings is 1. The number of aryl methyl sites for hydroxylation is 1. The van der Waals surface area contributed by atoms with E-state index in [4.69, 9.17) is 4.74 Å². The maximum absolute atomic E-state index is 9.45. The molecule has 0 amide bonds. The SMILES string of the molecule is Cc1ccc2c(c1)CC(CNC1CCCCC1CO)O2. The van der Waals surface area contributed by atoms with Gasteiger partial charge in [-0.1, -0.05) is 30.5 Å². The van der Waals surface area contributed by atoms with Gasteiger partial charge in [-0.2, -0.15) is 0 Å². The lowest BCUT2D eigenvalue weighted by molar-refractivity contribution is 0.140. The Morgan fingerprint density at radius 1 is 1.30 bits per heavy atom. The third-order valence-electron chi connectivity index (χ3n) is 4.71. The summed E-state index contributed by atoms with van der Waals surface area (Å²) in [5.41, 5.74) is 2.63. The van der Waals surface area contributed by atoms with Crippen LogP contribution in [0.2, 0.25) is 0 Å². The van der Waals surface area contributed by atoms with Crippen LogP contribution in [0.3, 0.4) is 0 Å². The highest BCUT2D eigenvalue weighted by atomic mass is 16.5. The Morgan fingerprint density at radius 2 is 2.15 bits per heavy atom. The minimum absolute atomic E-state index is 0.244. The highest BCUT2D eigenvalue weighted by Crippen LogP contribution is 2.30. The van der Waals surface area contributed by atoms with Gasteiger partial charge in [-0.05, 0) is 37.3 Å². The van der Waals surface area contributed by atoms with Gasteiger partial charge in [0.05, 0.1) is 0 Å². The molecule has 1 aliphatic heterocycles. The molecule has 3 rings (SSSR count). The van der Waals surface area contributed by atoms with Crippen molar-refractivity contribution in [3.8, 4) is 5.75 Å². The van der Waals surface area contributed by atoms with Gasteiger partial charge in [-0.15, -0.1) is 0 Å². The molecule has 0 saturated heterocycles. The minimum atomic E-state index is 0.244. The van der Waals surface area contributed by atoms with Gasteiger partial charge >= 0.3 is 0 Å². The van der Waals surface area contributed by atoms with E-state index in [1.807, 2.05) is 0 Å². The minimum Gasteiger partial charge on any atom is -0.488 e. The van der Waals surface area contributed by atoms with Gasteiger partial charge in [0.15, 0.2) is 0 Å². The van der Waals surface area contributed by atoms with Crippen molar-refractivity contribution in [2.45, 2.75) is 51.2 Å². The number of nitrogens with one attached hydrogen (secondary N) is 1. The normalized spacial score (nSPS) is 29.0. The fraction of sp³-hybridized carbons (Fsp3) is 0.647. The predicted octanol–water partition coefficient (Wildman–Crippen LogP) is 2.44. The van der Waals surface area contributed by atoms with Crippen LogP contribution < -0.4 is 10.1 Å². The summed E-state index contributed by atoms with van der Waals surface area (Å²) in [7, 11) is 0. The van der Waals surface area contributed by atoms with Crippen molar-refractivity contribution in [2.24, 2.45) is 5.92 Å². The van der Waals surface area contributed by atoms with Crippen LogP contribution in [0.15, 0.2) is 18.2 Å². The molecule has 1 saturated carbocycles. The van der Waals surface area contributed by atoms with E-state index in [0.717, 1.165) is 25.1 Å². The van der Waals surface area contributed by atoms with Crippen LogP contribution >= 0.6 is 0 Å². The van der Waals surface area contributed by atoms with Crippen molar-refractivity contribution in [3.63, 3.8) is 0 Å². The number of hydrogen-bond donors (Lipinski definition) is 2. The Bertz CT molecular complexity index is 460. The molecule has 3 atom stereocenters. The second-order valence-electron chi connectivity index (χ2n) is 6.30. The average Bonchev–Trinajstić information content (AvgIpc) is 2.87. The van der Waals surface area contributed by atoms with Crippen molar-refractivity contribution in [2.75, 3.05) is 13.2 Å². The van der Waals surface area contributed by atoms with E-state index < -0.39 is 0 Å². The van der Waals surface area contributed by atoms with Crippen LogP contribution in [0.5, 0.6) is 5.75 Å². The summed E-state index contributed by atoms with van der Waals surface area (Å²) in [5, 5.41) is 13.1. The van der Waals surface area contributed by atoms with Crippen LogP contribution in [0.1, 0.15) is 36.8 Å². The van der Waals surface area contributed by atoms with Gasteiger partial charge in [-0.3, -0.25) is 0 Å². The second kappa shape index (κ2) is 6.15. The van der Waals surface area contributed by atoms with Gasteiger partial charge in [0.1, 0.15) is 11.9 Å². The summed E-state index contributed by atoms with van der Waals surface area (Å²) in [6.07, 6.45) is 6.12. The molecule has 1 aliphatic carbocycles. The number of aliphatic hydroxyl groups excluding tert-OH is 1. The van der Waals surface area contributed by atoms with E-state index in [1.54, 1.807) is 0 Å². The predicted molar refractivity (Wildman–Crippen MR) is 80.1 cm³/mol. The Hall–Kier alpha value is -1.06. The van der Waals surface area contributed by atoms with E-state index in [-0.39, 0.29) is 6.10 Å². The molecule has 0 spiro atoms. The van der Waals surface area contributed by atoms with Gasteiger partial charge in [0.25, 0.3) is 0 Å². The highest BCUT2D eigenvalue weighted by Gasteiger charge is 2.27. The van der Waals surface area contributed by atoms with Crippen LogP contribution in [0, 0.1) is 12.8 Å². The average molecular weight is 275 g/mol. The summed E-state index contributed by atoms with van der Waals surface area (Å²) in [6, 6.07) is 6.88. The quantitative estimate of drug-likeness (QED) is 0.887. The summed E-state index contributed by atoms with van der Waals surface area (Å²) < 4.78 is 6.00. The van der Waals surface area contributed by atoms with Gasteiger partial charge in [0, 0.05) is 25.6 Å². The first-order valence-electron chi connectivity index (χ1n) is 7.86. The lowest BCUT2D eigenvalue weighted by Crippen LogP contribution is -2.44. The number of ether oxygens (including phenoxy) is 1. The van der Waals surface area contributed by atoms with E-state index in [9.17, 15) is 5.11 Å². The summed E-state index contributed by atoms with van der Waals surface area (Å²) >= 11 is 0. The zero-order valence-electron chi connectivity index (χ0n) is 12.3. The lowest BCUT2D eigenvalue weighted by Gasteiger charge is -2.31. The molecule has 0 aromatic heterocycles. The number of aliphatic hydroxyl groups is 1. The fourth-order valence-corrected chi connectivity index (χ4v) is 3.54. The van der Waals surface area contributed by atoms with Gasteiger partial charge < -0.3 is 15.2 Å². The van der Waals surface area contributed by atoms with E-state index in [1.165, 1.54) is 30.4 Å². The smallest absolute Gasteiger partial charge is 0.123 e. The first kappa shape index (κ1) is 13.9. The molecule has 110 valence electrons. The molecule has 0 radical (unpaired) electrons. The molecule has 1 heterocycles. The molecule has 3 unspecified atom stereocenters. The Morgan fingerprint density at radius 3 is 3.00 bits per heavy atom. The van der Waals surface area contributed by atoms with E-state index in [0.29, 0.717) is 18.6 Å². The van der Waals surface area contributed by atoms with Crippen LogP contribution in [-0.2, 0) is 6.42 Å². The zero-order chi connectivity index (χ0) is 13.9. The highest BCUT2D eigenvalue weighted by molar-refractivity contribution is 5.40. The molecule has 2 N–H and O–H groups in total. The first-order chi connectivity index (χ1) is 9.76. The standard InChI is InChI=1S/C17H25NO2/c1-12-6-7-17-14(8-12)9-15(20-17)10-18-16-5-3-2-4-13(16)11-19/h6-8,13,15-16,18-19H,2-5,9-11H2,1H3. The molecule has 1 aromatic rings. The van der Waals surface area contributed by atoms with E-state index >= 15 is 0 Å².